The zero-order valence-corrected chi connectivity index (χ0v) is 16.7. The number of ketones is 1. The highest BCUT2D eigenvalue weighted by atomic mass is 32.2. The van der Waals surface area contributed by atoms with Gasteiger partial charge in [-0.05, 0) is 54.6 Å². The molecular formula is C22H15FN2O2S2. The number of nitrogens with one attached hydrogen (secondary N) is 1. The Morgan fingerprint density at radius 1 is 0.966 bits per heavy atom. The number of fused-ring (bicyclic) bond motifs is 1. The van der Waals surface area contributed by atoms with Crippen LogP contribution in [0, 0.1) is 5.82 Å². The molecule has 0 unspecified atom stereocenters. The summed E-state index contributed by atoms with van der Waals surface area (Å²) in [5.41, 5.74) is 2.57. The third-order valence-corrected chi connectivity index (χ3v) is 6.32. The van der Waals surface area contributed by atoms with Crippen molar-refractivity contribution in [2.75, 3.05) is 11.1 Å². The summed E-state index contributed by atoms with van der Waals surface area (Å²) in [5, 5.41) is 2.88. The molecule has 0 aliphatic heterocycles. The summed E-state index contributed by atoms with van der Waals surface area (Å²) >= 11 is 2.81. The monoisotopic (exact) mass is 422 g/mol. The lowest BCUT2D eigenvalue weighted by atomic mass is 10.1. The smallest absolute Gasteiger partial charge is 0.255 e. The number of carbonyl (C=O) groups excluding carboxylic acids is 2. The quantitative estimate of drug-likeness (QED) is 0.322. The van der Waals surface area contributed by atoms with Crippen LogP contribution in [-0.2, 0) is 0 Å². The van der Waals surface area contributed by atoms with Crippen molar-refractivity contribution in [1.29, 1.82) is 0 Å². The van der Waals surface area contributed by atoms with Crippen molar-refractivity contribution >= 4 is 50.7 Å². The number of halogens is 1. The molecule has 144 valence electrons. The number of Topliss-reactive ketones (excluding diaryl/α,β-unsaturated/α-hetero) is 1. The van der Waals surface area contributed by atoms with Crippen LogP contribution in [0.2, 0.25) is 0 Å². The summed E-state index contributed by atoms with van der Waals surface area (Å²) < 4.78 is 14.7. The Morgan fingerprint density at radius 3 is 2.48 bits per heavy atom. The molecule has 1 amide bonds. The molecule has 0 saturated carbocycles. The molecule has 1 heterocycles. The lowest BCUT2D eigenvalue weighted by Gasteiger charge is -2.04. The third-order valence-electron chi connectivity index (χ3n) is 4.16. The van der Waals surface area contributed by atoms with Crippen LogP contribution >= 0.6 is 23.1 Å². The molecule has 4 nitrogen and oxygen atoms in total. The Balaban J connectivity index is 1.43. The molecule has 1 N–H and O–H groups in total. The number of nitrogens with zero attached hydrogens (tertiary/aromatic N) is 1. The van der Waals surface area contributed by atoms with Crippen molar-refractivity contribution < 1.29 is 14.0 Å². The fourth-order valence-electron chi connectivity index (χ4n) is 2.68. The lowest BCUT2D eigenvalue weighted by Crippen LogP contribution is -2.11. The fourth-order valence-corrected chi connectivity index (χ4v) is 4.68. The minimum absolute atomic E-state index is 0.0786. The van der Waals surface area contributed by atoms with Gasteiger partial charge in [0.05, 0.1) is 16.0 Å². The summed E-state index contributed by atoms with van der Waals surface area (Å²) in [6.07, 6.45) is 0. The number of rotatable bonds is 6. The molecular weight excluding hydrogens is 407 g/mol. The van der Waals surface area contributed by atoms with Gasteiger partial charge in [0.25, 0.3) is 5.91 Å². The first-order valence-corrected chi connectivity index (χ1v) is 10.6. The average Bonchev–Trinajstić information content (AvgIpc) is 3.15. The number of anilines is 1. The number of aromatic nitrogens is 1. The molecule has 29 heavy (non-hydrogen) atoms. The molecule has 0 saturated heterocycles. The van der Waals surface area contributed by atoms with Gasteiger partial charge in [0.1, 0.15) is 5.82 Å². The van der Waals surface area contributed by atoms with E-state index < -0.39 is 0 Å². The Morgan fingerprint density at radius 2 is 1.72 bits per heavy atom. The molecule has 0 atom stereocenters. The maximum Gasteiger partial charge on any atom is 0.255 e. The highest BCUT2D eigenvalue weighted by molar-refractivity contribution is 8.01. The summed E-state index contributed by atoms with van der Waals surface area (Å²) in [6.45, 7) is 0. The molecule has 0 spiro atoms. The van der Waals surface area contributed by atoms with Crippen molar-refractivity contribution in [2.45, 2.75) is 4.34 Å². The maximum atomic E-state index is 13.0. The molecule has 4 aromatic rings. The SMILES string of the molecule is O=C(CSc1nc2ccc(NC(=O)c3ccccc3)cc2s1)c1ccc(F)cc1. The molecule has 0 radical (unpaired) electrons. The van der Waals surface area contributed by atoms with Gasteiger partial charge in [-0.1, -0.05) is 30.0 Å². The summed E-state index contributed by atoms with van der Waals surface area (Å²) in [5.74, 6) is -0.391. The van der Waals surface area contributed by atoms with Gasteiger partial charge in [0.15, 0.2) is 10.1 Å². The normalized spacial score (nSPS) is 10.8. The van der Waals surface area contributed by atoms with E-state index in [4.69, 9.17) is 0 Å². The number of benzene rings is 3. The summed E-state index contributed by atoms with van der Waals surface area (Å²) in [6, 6.07) is 20.1. The number of hydrogen-bond acceptors (Lipinski definition) is 5. The van der Waals surface area contributed by atoms with Gasteiger partial charge in [0.2, 0.25) is 0 Å². The first-order valence-electron chi connectivity index (χ1n) is 8.77. The zero-order valence-electron chi connectivity index (χ0n) is 15.1. The van der Waals surface area contributed by atoms with E-state index in [1.165, 1.54) is 47.4 Å². The lowest BCUT2D eigenvalue weighted by molar-refractivity contribution is 0.101. The molecule has 0 aliphatic rings. The third kappa shape index (κ3) is 4.70. The van der Waals surface area contributed by atoms with E-state index in [1.54, 1.807) is 18.2 Å². The number of thiazole rings is 1. The number of thioether (sulfide) groups is 1. The second kappa shape index (κ2) is 8.55. The fraction of sp³-hybridized carbons (Fsp3) is 0.0455. The Kier molecular flexibility index (Phi) is 5.69. The van der Waals surface area contributed by atoms with Crippen LogP contribution in [0.1, 0.15) is 20.7 Å². The summed E-state index contributed by atoms with van der Waals surface area (Å²) in [7, 11) is 0. The number of amides is 1. The van der Waals surface area contributed by atoms with Crippen LogP contribution < -0.4 is 5.32 Å². The van der Waals surface area contributed by atoms with Crippen molar-refractivity contribution in [3.63, 3.8) is 0 Å². The molecule has 0 bridgehead atoms. The molecule has 7 heteroatoms. The van der Waals surface area contributed by atoms with Crippen molar-refractivity contribution in [1.82, 2.24) is 4.98 Å². The van der Waals surface area contributed by atoms with Crippen molar-refractivity contribution in [2.24, 2.45) is 0 Å². The highest BCUT2D eigenvalue weighted by Gasteiger charge is 2.11. The van der Waals surface area contributed by atoms with E-state index in [9.17, 15) is 14.0 Å². The largest absolute Gasteiger partial charge is 0.322 e. The Hall–Kier alpha value is -3.03. The van der Waals surface area contributed by atoms with Crippen LogP contribution in [-0.4, -0.2) is 22.4 Å². The molecule has 0 aliphatic carbocycles. The van der Waals surface area contributed by atoms with Crippen LogP contribution in [0.15, 0.2) is 77.1 Å². The number of hydrogen-bond donors (Lipinski definition) is 1. The van der Waals surface area contributed by atoms with Crippen molar-refractivity contribution in [3.05, 3.63) is 89.7 Å². The second-order valence-corrected chi connectivity index (χ2v) is 8.45. The van der Waals surface area contributed by atoms with Gasteiger partial charge in [-0.25, -0.2) is 9.37 Å². The Bertz CT molecular complexity index is 1170. The minimum Gasteiger partial charge on any atom is -0.322 e. The average molecular weight is 423 g/mol. The van der Waals surface area contributed by atoms with Gasteiger partial charge in [-0.3, -0.25) is 9.59 Å². The first kappa shape index (κ1) is 19.3. The van der Waals surface area contributed by atoms with E-state index >= 15 is 0 Å². The Labute approximate surface area is 174 Å². The highest BCUT2D eigenvalue weighted by Crippen LogP contribution is 2.31. The van der Waals surface area contributed by atoms with Gasteiger partial charge >= 0.3 is 0 Å². The topological polar surface area (TPSA) is 59.1 Å². The number of carbonyl (C=O) groups is 2. The predicted molar refractivity (Wildman–Crippen MR) is 115 cm³/mol. The summed E-state index contributed by atoms with van der Waals surface area (Å²) in [4.78, 5) is 29.1. The van der Waals surface area contributed by atoms with E-state index in [1.807, 2.05) is 30.3 Å². The van der Waals surface area contributed by atoms with Gasteiger partial charge in [0, 0.05) is 16.8 Å². The van der Waals surface area contributed by atoms with Gasteiger partial charge in [-0.15, -0.1) is 11.3 Å². The van der Waals surface area contributed by atoms with Crippen LogP contribution in [0.5, 0.6) is 0 Å². The van der Waals surface area contributed by atoms with Crippen LogP contribution in [0.3, 0.4) is 0 Å². The minimum atomic E-state index is -0.365. The second-order valence-electron chi connectivity index (χ2n) is 6.20. The molecule has 4 rings (SSSR count). The first-order chi connectivity index (χ1) is 14.1. The predicted octanol–water partition coefficient (Wildman–Crippen LogP) is 5.66. The van der Waals surface area contributed by atoms with E-state index in [0.717, 1.165) is 14.6 Å². The van der Waals surface area contributed by atoms with Gasteiger partial charge in [-0.2, -0.15) is 0 Å². The van der Waals surface area contributed by atoms with E-state index in [2.05, 4.69) is 10.3 Å². The van der Waals surface area contributed by atoms with Crippen molar-refractivity contribution in [3.8, 4) is 0 Å². The van der Waals surface area contributed by atoms with Crippen LogP contribution in [0.25, 0.3) is 10.2 Å². The molecule has 3 aromatic carbocycles. The van der Waals surface area contributed by atoms with E-state index in [0.29, 0.717) is 16.8 Å². The van der Waals surface area contributed by atoms with Crippen LogP contribution in [0.4, 0.5) is 10.1 Å². The van der Waals surface area contributed by atoms with E-state index in [-0.39, 0.29) is 23.3 Å². The van der Waals surface area contributed by atoms with Gasteiger partial charge < -0.3 is 5.32 Å². The zero-order chi connectivity index (χ0) is 20.2. The maximum absolute atomic E-state index is 13.0. The molecule has 0 fully saturated rings. The molecule has 1 aromatic heterocycles. The standard InChI is InChI=1S/C22H15FN2O2S2/c23-16-8-6-14(7-9-16)19(26)13-28-22-25-18-11-10-17(12-20(18)29-22)24-21(27)15-4-2-1-3-5-15/h1-12H,13H2,(H,24,27).